The van der Waals surface area contributed by atoms with Crippen LogP contribution in [0.5, 0.6) is 0 Å². The van der Waals surface area contributed by atoms with Gasteiger partial charge in [0, 0.05) is 6.20 Å². The number of carbonyl (C=O) groups is 2. The molecule has 2 aromatic heterocycles. The second-order valence-corrected chi connectivity index (χ2v) is 3.79. The number of carboxylic acids is 1. The molecular weight excluding hydrogens is 202 g/mol. The molecule has 2 heterocycles. The topological polar surface area (TPSA) is 67.3 Å². The maximum Gasteiger partial charge on any atom is 0.354 e. The Balaban J connectivity index is 2.65. The summed E-state index contributed by atoms with van der Waals surface area (Å²) in [6.07, 6.45) is 2.21. The Morgan fingerprint density at radius 1 is 1.50 bits per heavy atom. The minimum absolute atomic E-state index is 0.00671. The molecule has 70 valence electrons. The second kappa shape index (κ2) is 3.19. The highest BCUT2D eigenvalue weighted by Gasteiger charge is 2.07. The average molecular weight is 207 g/mol. The van der Waals surface area contributed by atoms with Crippen LogP contribution in [-0.4, -0.2) is 22.3 Å². The Morgan fingerprint density at radius 2 is 2.29 bits per heavy atom. The lowest BCUT2D eigenvalue weighted by Crippen LogP contribution is -1.98. The highest BCUT2D eigenvalue weighted by Crippen LogP contribution is 2.24. The first-order chi connectivity index (χ1) is 6.70. The Kier molecular flexibility index (Phi) is 2.01. The third kappa shape index (κ3) is 1.38. The van der Waals surface area contributed by atoms with Gasteiger partial charge in [0.1, 0.15) is 5.69 Å². The zero-order chi connectivity index (χ0) is 10.1. The molecule has 0 atom stereocenters. The third-order valence-electron chi connectivity index (χ3n) is 1.76. The molecule has 0 aliphatic rings. The second-order valence-electron chi connectivity index (χ2n) is 2.68. The van der Waals surface area contributed by atoms with Crippen molar-refractivity contribution in [2.24, 2.45) is 0 Å². The van der Waals surface area contributed by atoms with Gasteiger partial charge < -0.3 is 5.11 Å². The van der Waals surface area contributed by atoms with Crippen molar-refractivity contribution in [3.05, 3.63) is 28.9 Å². The van der Waals surface area contributed by atoms with Gasteiger partial charge in [0.05, 0.1) is 9.58 Å². The fraction of sp³-hybridized carbons (Fsp3) is 0. The van der Waals surface area contributed by atoms with E-state index in [2.05, 4.69) is 4.98 Å². The van der Waals surface area contributed by atoms with Crippen LogP contribution in [0.4, 0.5) is 0 Å². The summed E-state index contributed by atoms with van der Waals surface area (Å²) in [6, 6.07) is 3.11. The fourth-order valence-corrected chi connectivity index (χ4v) is 1.97. The molecule has 14 heavy (non-hydrogen) atoms. The minimum atomic E-state index is -1.06. The number of carbonyl (C=O) groups excluding carboxylic acids is 1. The standard InChI is InChI=1S/C9H5NO3S/c11-4-6-1-5-2-7(9(12)13)10-3-8(5)14-6/h1-4H,(H,12,13). The van der Waals surface area contributed by atoms with Gasteiger partial charge in [-0.3, -0.25) is 4.79 Å². The van der Waals surface area contributed by atoms with E-state index >= 15 is 0 Å². The number of nitrogens with zero attached hydrogens (tertiary/aromatic N) is 1. The molecule has 0 amide bonds. The van der Waals surface area contributed by atoms with Crippen molar-refractivity contribution in [2.75, 3.05) is 0 Å². The summed E-state index contributed by atoms with van der Waals surface area (Å²) in [5.41, 5.74) is -0.00671. The largest absolute Gasteiger partial charge is 0.477 e. The number of hydrogen-bond donors (Lipinski definition) is 1. The van der Waals surface area contributed by atoms with E-state index < -0.39 is 5.97 Å². The number of thiophene rings is 1. The normalized spacial score (nSPS) is 10.3. The van der Waals surface area contributed by atoms with Crippen LogP contribution in [0.15, 0.2) is 18.3 Å². The van der Waals surface area contributed by atoms with Crippen molar-refractivity contribution in [1.82, 2.24) is 4.98 Å². The molecule has 0 unspecified atom stereocenters. The van der Waals surface area contributed by atoms with Crippen LogP contribution < -0.4 is 0 Å². The first-order valence-electron chi connectivity index (χ1n) is 3.79. The van der Waals surface area contributed by atoms with Crippen molar-refractivity contribution >= 4 is 33.7 Å². The lowest BCUT2D eigenvalue weighted by atomic mass is 10.2. The van der Waals surface area contributed by atoms with Gasteiger partial charge in [-0.05, 0) is 17.5 Å². The van der Waals surface area contributed by atoms with Crippen molar-refractivity contribution in [3.63, 3.8) is 0 Å². The highest BCUT2D eigenvalue weighted by atomic mass is 32.1. The van der Waals surface area contributed by atoms with Gasteiger partial charge in [-0.1, -0.05) is 0 Å². The molecular formula is C9H5NO3S. The molecule has 0 saturated carbocycles. The predicted molar refractivity (Wildman–Crippen MR) is 52.0 cm³/mol. The number of hydrogen-bond acceptors (Lipinski definition) is 4. The average Bonchev–Trinajstić information content (AvgIpc) is 2.58. The summed E-state index contributed by atoms with van der Waals surface area (Å²) in [6.45, 7) is 0. The first kappa shape index (κ1) is 8.83. The lowest BCUT2D eigenvalue weighted by Gasteiger charge is -1.91. The monoisotopic (exact) mass is 207 g/mol. The van der Waals surface area contributed by atoms with Gasteiger partial charge in [0.2, 0.25) is 0 Å². The van der Waals surface area contributed by atoms with Crippen LogP contribution in [0.25, 0.3) is 10.1 Å². The van der Waals surface area contributed by atoms with Crippen LogP contribution in [0, 0.1) is 0 Å². The Bertz CT molecular complexity index is 518. The van der Waals surface area contributed by atoms with Crippen LogP contribution >= 0.6 is 11.3 Å². The van der Waals surface area contributed by atoms with Crippen molar-refractivity contribution in [1.29, 1.82) is 0 Å². The zero-order valence-corrected chi connectivity index (χ0v) is 7.75. The maximum absolute atomic E-state index is 10.6. The van der Waals surface area contributed by atoms with Crippen LogP contribution in [0.2, 0.25) is 0 Å². The zero-order valence-electron chi connectivity index (χ0n) is 6.93. The van der Waals surface area contributed by atoms with E-state index in [0.29, 0.717) is 4.88 Å². The predicted octanol–water partition coefficient (Wildman–Crippen LogP) is 1.81. The number of aromatic nitrogens is 1. The van der Waals surface area contributed by atoms with E-state index in [1.165, 1.54) is 23.6 Å². The third-order valence-corrected chi connectivity index (χ3v) is 2.77. The van der Waals surface area contributed by atoms with Crippen molar-refractivity contribution in [2.45, 2.75) is 0 Å². The quantitative estimate of drug-likeness (QED) is 0.762. The molecule has 2 aromatic rings. The molecule has 4 nitrogen and oxygen atoms in total. The van der Waals surface area contributed by atoms with Gasteiger partial charge in [-0.25, -0.2) is 9.78 Å². The Hall–Kier alpha value is -1.75. The van der Waals surface area contributed by atoms with Crippen molar-refractivity contribution < 1.29 is 14.7 Å². The van der Waals surface area contributed by atoms with Gasteiger partial charge in [-0.15, -0.1) is 11.3 Å². The highest BCUT2D eigenvalue weighted by molar-refractivity contribution is 7.20. The summed E-state index contributed by atoms with van der Waals surface area (Å²) in [7, 11) is 0. The number of pyridine rings is 1. The Morgan fingerprint density at radius 3 is 2.93 bits per heavy atom. The van der Waals surface area contributed by atoms with Gasteiger partial charge in [0.25, 0.3) is 0 Å². The lowest BCUT2D eigenvalue weighted by molar-refractivity contribution is 0.0690. The number of carboxylic acid groups (broad SMARTS) is 1. The van der Waals surface area contributed by atoms with E-state index in [9.17, 15) is 9.59 Å². The van der Waals surface area contributed by atoms with Gasteiger partial charge in [0.15, 0.2) is 6.29 Å². The summed E-state index contributed by atoms with van der Waals surface area (Å²) in [4.78, 5) is 25.4. The SMILES string of the molecule is O=Cc1cc2cc(C(=O)O)ncc2s1. The van der Waals surface area contributed by atoms with Crippen LogP contribution in [0.1, 0.15) is 20.2 Å². The maximum atomic E-state index is 10.6. The minimum Gasteiger partial charge on any atom is -0.477 e. The molecule has 0 aliphatic heterocycles. The van der Waals surface area contributed by atoms with Crippen LogP contribution in [0.3, 0.4) is 0 Å². The number of aldehydes is 1. The molecule has 0 aliphatic carbocycles. The molecule has 0 bridgehead atoms. The molecule has 1 N–H and O–H groups in total. The van der Waals surface area contributed by atoms with E-state index in [1.807, 2.05) is 0 Å². The summed E-state index contributed by atoms with van der Waals surface area (Å²) < 4.78 is 0.817. The molecule has 0 spiro atoms. The molecule has 0 fully saturated rings. The molecule has 0 radical (unpaired) electrons. The number of rotatable bonds is 2. The van der Waals surface area contributed by atoms with E-state index in [-0.39, 0.29) is 5.69 Å². The van der Waals surface area contributed by atoms with E-state index in [4.69, 9.17) is 5.11 Å². The van der Waals surface area contributed by atoms with Crippen LogP contribution in [-0.2, 0) is 0 Å². The summed E-state index contributed by atoms with van der Waals surface area (Å²) >= 11 is 1.29. The Labute approximate surface area is 82.8 Å². The van der Waals surface area contributed by atoms with E-state index in [1.54, 1.807) is 6.07 Å². The molecule has 2 rings (SSSR count). The van der Waals surface area contributed by atoms with Crippen molar-refractivity contribution in [3.8, 4) is 0 Å². The first-order valence-corrected chi connectivity index (χ1v) is 4.60. The van der Waals surface area contributed by atoms with Gasteiger partial charge in [-0.2, -0.15) is 0 Å². The smallest absolute Gasteiger partial charge is 0.354 e. The molecule has 0 aromatic carbocycles. The molecule has 5 heteroatoms. The summed E-state index contributed by atoms with van der Waals surface area (Å²) in [5.74, 6) is -1.06. The van der Waals surface area contributed by atoms with E-state index in [0.717, 1.165) is 16.4 Å². The number of fused-ring (bicyclic) bond motifs is 1. The fourth-order valence-electron chi connectivity index (χ4n) is 1.14. The number of aromatic carboxylic acids is 1. The molecule has 0 saturated heterocycles. The summed E-state index contributed by atoms with van der Waals surface area (Å²) in [5, 5.41) is 9.42. The van der Waals surface area contributed by atoms with Gasteiger partial charge >= 0.3 is 5.97 Å².